The number of amides is 1. The van der Waals surface area contributed by atoms with E-state index < -0.39 is 35.4 Å². The molecule has 7 nitrogen and oxygen atoms in total. The van der Waals surface area contributed by atoms with Crippen LogP contribution < -0.4 is 10.6 Å². The summed E-state index contributed by atoms with van der Waals surface area (Å²) in [5, 5.41) is 6.22. The molecule has 186 valence electrons. The van der Waals surface area contributed by atoms with E-state index in [1.165, 1.54) is 43.5 Å². The van der Waals surface area contributed by atoms with Crippen LogP contribution >= 0.6 is 0 Å². The number of fused-ring (bicyclic) bond motifs is 1. The van der Waals surface area contributed by atoms with Crippen molar-refractivity contribution >= 4 is 11.9 Å². The lowest BCUT2D eigenvalue weighted by molar-refractivity contribution is -0.153. The van der Waals surface area contributed by atoms with Crippen LogP contribution in [0.15, 0.2) is 48.5 Å². The minimum atomic E-state index is -1.49. The number of ether oxygens (including phenoxy) is 1. The Bertz CT molecular complexity index is 1010. The van der Waals surface area contributed by atoms with Gasteiger partial charge in [-0.2, -0.15) is 0 Å². The Balaban J connectivity index is 1.47. The van der Waals surface area contributed by atoms with Crippen molar-refractivity contribution in [3.63, 3.8) is 0 Å². The highest BCUT2D eigenvalue weighted by atomic mass is 19.1. The molecule has 3 heterocycles. The van der Waals surface area contributed by atoms with Crippen LogP contribution in [-0.2, 0) is 20.1 Å². The first-order valence-corrected chi connectivity index (χ1v) is 12.2. The summed E-state index contributed by atoms with van der Waals surface area (Å²) in [5.41, 5.74) is -0.496. The quantitative estimate of drug-likeness (QED) is 0.611. The molecule has 3 fully saturated rings. The Kier molecular flexibility index (Phi) is 6.82. The number of likely N-dealkylation sites (tertiary alicyclic amines) is 1. The summed E-state index contributed by atoms with van der Waals surface area (Å²) in [6.07, 6.45) is 3.59. The first-order valence-electron chi connectivity index (χ1n) is 12.2. The van der Waals surface area contributed by atoms with E-state index in [9.17, 15) is 18.4 Å². The first kappa shape index (κ1) is 23.8. The fourth-order valence-corrected chi connectivity index (χ4v) is 5.46. The molecule has 35 heavy (non-hydrogen) atoms. The molecule has 3 saturated heterocycles. The van der Waals surface area contributed by atoms with E-state index in [0.29, 0.717) is 30.8 Å². The molecule has 2 N–H and O–H groups in total. The summed E-state index contributed by atoms with van der Waals surface area (Å²) in [4.78, 5) is 30.7. The molecule has 1 amide bonds. The largest absolute Gasteiger partial charge is 0.434 e. The molecule has 0 radical (unpaired) electrons. The average molecular weight is 485 g/mol. The zero-order valence-electron chi connectivity index (χ0n) is 19.5. The van der Waals surface area contributed by atoms with Crippen molar-refractivity contribution in [3.8, 4) is 0 Å². The van der Waals surface area contributed by atoms with E-state index in [1.807, 2.05) is 0 Å². The number of hydrogen-bond acceptors (Lipinski definition) is 6. The molecule has 0 aliphatic carbocycles. The maximum atomic E-state index is 13.8. The van der Waals surface area contributed by atoms with Crippen LogP contribution in [0.3, 0.4) is 0 Å². The number of esters is 1. The van der Waals surface area contributed by atoms with Gasteiger partial charge in [-0.25, -0.2) is 13.7 Å². The van der Waals surface area contributed by atoms with Crippen molar-refractivity contribution < 1.29 is 23.1 Å². The molecule has 0 bridgehead atoms. The summed E-state index contributed by atoms with van der Waals surface area (Å²) in [6.45, 7) is 3.97. The van der Waals surface area contributed by atoms with E-state index in [1.54, 1.807) is 29.2 Å². The van der Waals surface area contributed by atoms with Crippen LogP contribution in [-0.4, -0.2) is 73.0 Å². The number of hydrogen-bond donors (Lipinski definition) is 2. The summed E-state index contributed by atoms with van der Waals surface area (Å²) in [6, 6.07) is 9.88. The molecule has 3 aliphatic rings. The highest BCUT2D eigenvalue weighted by molar-refractivity contribution is 5.86. The first-order chi connectivity index (χ1) is 17.0. The summed E-state index contributed by atoms with van der Waals surface area (Å²) >= 11 is 0. The third-order valence-electron chi connectivity index (χ3n) is 7.18. The van der Waals surface area contributed by atoms with Gasteiger partial charge in [0.2, 0.25) is 11.6 Å². The summed E-state index contributed by atoms with van der Waals surface area (Å²) < 4.78 is 33.7. The average Bonchev–Trinajstić information content (AvgIpc) is 3.19. The molecule has 0 aromatic heterocycles. The minimum absolute atomic E-state index is 0.217. The van der Waals surface area contributed by atoms with Gasteiger partial charge in [-0.05, 0) is 50.2 Å². The lowest BCUT2D eigenvalue weighted by Crippen LogP contribution is -2.66. The number of carbonyl (C=O) groups excluding carboxylic acids is 2. The Morgan fingerprint density at radius 1 is 0.971 bits per heavy atom. The van der Waals surface area contributed by atoms with E-state index in [-0.39, 0.29) is 5.91 Å². The van der Waals surface area contributed by atoms with Gasteiger partial charge in [0.25, 0.3) is 0 Å². The molecule has 0 spiro atoms. The Morgan fingerprint density at radius 3 is 2.17 bits per heavy atom. The summed E-state index contributed by atoms with van der Waals surface area (Å²) in [7, 11) is 0. The second kappa shape index (κ2) is 10.0. The van der Waals surface area contributed by atoms with Crippen molar-refractivity contribution in [2.24, 2.45) is 0 Å². The lowest BCUT2D eigenvalue weighted by atomic mass is 9.89. The molecule has 0 saturated carbocycles. The number of piperidine rings is 1. The van der Waals surface area contributed by atoms with Gasteiger partial charge in [-0.3, -0.25) is 9.59 Å². The van der Waals surface area contributed by atoms with Crippen LogP contribution in [0.2, 0.25) is 0 Å². The monoisotopic (exact) mass is 484 g/mol. The van der Waals surface area contributed by atoms with Gasteiger partial charge >= 0.3 is 5.97 Å². The predicted octanol–water partition coefficient (Wildman–Crippen LogP) is 1.97. The highest BCUT2D eigenvalue weighted by Crippen LogP contribution is 2.45. The third-order valence-corrected chi connectivity index (χ3v) is 7.18. The number of piperazine rings is 1. The zero-order chi connectivity index (χ0) is 24.4. The third kappa shape index (κ3) is 4.55. The topological polar surface area (TPSA) is 73.9 Å². The van der Waals surface area contributed by atoms with Gasteiger partial charge in [0.1, 0.15) is 23.7 Å². The number of rotatable bonds is 6. The molecule has 2 aromatic rings. The fourth-order valence-electron chi connectivity index (χ4n) is 5.46. The zero-order valence-corrected chi connectivity index (χ0v) is 19.5. The normalized spacial score (nSPS) is 24.6. The van der Waals surface area contributed by atoms with Crippen LogP contribution in [0.4, 0.5) is 8.78 Å². The van der Waals surface area contributed by atoms with Gasteiger partial charge in [-0.1, -0.05) is 30.7 Å². The number of nitrogens with zero attached hydrogens (tertiary/aromatic N) is 2. The molecule has 3 aliphatic heterocycles. The Labute approximate surface area is 203 Å². The minimum Gasteiger partial charge on any atom is -0.434 e. The lowest BCUT2D eigenvalue weighted by Gasteiger charge is -2.44. The number of benzene rings is 2. The second-order valence-electron chi connectivity index (χ2n) is 9.37. The number of cyclic esters (lactones) is 1. The van der Waals surface area contributed by atoms with Crippen LogP contribution in [0.25, 0.3) is 0 Å². The summed E-state index contributed by atoms with van der Waals surface area (Å²) in [5.74, 6) is -1.57. The number of carbonyl (C=O) groups is 2. The second-order valence-corrected chi connectivity index (χ2v) is 9.37. The van der Waals surface area contributed by atoms with E-state index in [2.05, 4.69) is 15.5 Å². The Morgan fingerprint density at radius 2 is 1.57 bits per heavy atom. The molecule has 2 aromatic carbocycles. The van der Waals surface area contributed by atoms with Crippen molar-refractivity contribution in [3.05, 3.63) is 71.3 Å². The van der Waals surface area contributed by atoms with Gasteiger partial charge in [0, 0.05) is 37.3 Å². The van der Waals surface area contributed by atoms with Gasteiger partial charge < -0.3 is 20.3 Å². The number of nitrogens with one attached hydrogen (secondary N) is 2. The molecule has 9 heteroatoms. The molecular formula is C26H30F2N4O3. The van der Waals surface area contributed by atoms with Crippen molar-refractivity contribution in [2.75, 3.05) is 39.3 Å². The van der Waals surface area contributed by atoms with E-state index in [4.69, 9.17) is 4.74 Å². The molecular weight excluding hydrogens is 454 g/mol. The van der Waals surface area contributed by atoms with Gasteiger partial charge in [-0.15, -0.1) is 0 Å². The van der Waals surface area contributed by atoms with Crippen molar-refractivity contribution in [1.29, 1.82) is 0 Å². The van der Waals surface area contributed by atoms with E-state index in [0.717, 1.165) is 19.6 Å². The SMILES string of the molecule is O=C(NCCN1CCCCC1)C1CNCC2C(=O)OC(c3ccc(F)cc3)(c3ccc(F)cc3)N12. The van der Waals surface area contributed by atoms with Gasteiger partial charge in [0.05, 0.1) is 0 Å². The van der Waals surface area contributed by atoms with Crippen molar-refractivity contribution in [1.82, 2.24) is 20.4 Å². The van der Waals surface area contributed by atoms with E-state index >= 15 is 0 Å². The number of halogens is 2. The standard InChI is InChI=1S/C26H30F2N4O3/c27-20-8-4-18(5-9-20)26(19-6-10-21(28)11-7-19)32-22(16-29-17-23(32)25(34)35-26)24(33)30-12-15-31-13-2-1-3-14-31/h4-11,22-23,29H,1-3,12-17H2,(H,30,33). The van der Waals surface area contributed by atoms with Crippen molar-refractivity contribution in [2.45, 2.75) is 37.1 Å². The molecule has 2 atom stereocenters. The smallest absolute Gasteiger partial charge is 0.327 e. The van der Waals surface area contributed by atoms with Crippen LogP contribution in [0.1, 0.15) is 30.4 Å². The van der Waals surface area contributed by atoms with Crippen LogP contribution in [0, 0.1) is 11.6 Å². The highest BCUT2D eigenvalue weighted by Gasteiger charge is 2.60. The maximum absolute atomic E-state index is 13.8. The Hall–Kier alpha value is -2.88. The fraction of sp³-hybridized carbons (Fsp3) is 0.462. The predicted molar refractivity (Wildman–Crippen MR) is 125 cm³/mol. The maximum Gasteiger partial charge on any atom is 0.327 e. The van der Waals surface area contributed by atoms with Gasteiger partial charge in [0.15, 0.2) is 0 Å². The molecule has 5 rings (SSSR count). The van der Waals surface area contributed by atoms with Crippen LogP contribution in [0.5, 0.6) is 0 Å². The molecule has 2 unspecified atom stereocenters.